The van der Waals surface area contributed by atoms with Crippen LogP contribution in [0.25, 0.3) is 21.3 Å². The zero-order valence-electron chi connectivity index (χ0n) is 14.3. The van der Waals surface area contributed by atoms with E-state index < -0.39 is 0 Å². The van der Waals surface area contributed by atoms with Crippen molar-refractivity contribution in [3.8, 4) is 0 Å². The van der Waals surface area contributed by atoms with Crippen molar-refractivity contribution >= 4 is 48.5 Å². The minimum absolute atomic E-state index is 0.628. The Morgan fingerprint density at radius 3 is 2.92 bits per heavy atom. The molecule has 0 unspecified atom stereocenters. The molecule has 134 valence electrons. The fraction of sp³-hybridized carbons (Fsp3) is 0.263. The summed E-state index contributed by atoms with van der Waals surface area (Å²) in [5, 5.41) is 12.2. The van der Waals surface area contributed by atoms with Gasteiger partial charge in [-0.2, -0.15) is 4.73 Å². The Morgan fingerprint density at radius 2 is 2.12 bits per heavy atom. The van der Waals surface area contributed by atoms with E-state index >= 15 is 0 Å². The smallest absolute Gasteiger partial charge is 0.238 e. The van der Waals surface area contributed by atoms with Gasteiger partial charge in [-0.25, -0.2) is 4.98 Å². The highest BCUT2D eigenvalue weighted by molar-refractivity contribution is 9.11. The van der Waals surface area contributed by atoms with Gasteiger partial charge in [0, 0.05) is 26.1 Å². The van der Waals surface area contributed by atoms with Crippen LogP contribution in [0.5, 0.6) is 0 Å². The van der Waals surface area contributed by atoms with Gasteiger partial charge in [-0.1, -0.05) is 30.3 Å². The van der Waals surface area contributed by atoms with E-state index in [1.54, 1.807) is 17.5 Å². The van der Waals surface area contributed by atoms with Gasteiger partial charge in [0.1, 0.15) is 10.5 Å². The molecule has 0 saturated carbocycles. The average molecular weight is 432 g/mol. The van der Waals surface area contributed by atoms with Crippen molar-refractivity contribution in [1.29, 1.82) is 0 Å². The molecule has 4 rings (SSSR count). The molecule has 0 amide bonds. The summed E-state index contributed by atoms with van der Waals surface area (Å²) in [4.78, 5) is 4.67. The first-order valence-corrected chi connectivity index (χ1v) is 10.0. The van der Waals surface area contributed by atoms with Gasteiger partial charge in [0.15, 0.2) is 5.52 Å². The van der Waals surface area contributed by atoms with Gasteiger partial charge in [-0.05, 0) is 27.9 Å². The van der Waals surface area contributed by atoms with E-state index in [9.17, 15) is 5.21 Å². The number of hydrogen-bond donors (Lipinski definition) is 0. The molecule has 0 spiro atoms. The lowest BCUT2D eigenvalue weighted by Crippen LogP contribution is -2.25. The van der Waals surface area contributed by atoms with Gasteiger partial charge in [0.2, 0.25) is 11.7 Å². The number of rotatable bonds is 6. The molecule has 0 aliphatic heterocycles. The normalized spacial score (nSPS) is 11.6. The second-order valence-electron chi connectivity index (χ2n) is 6.18. The molecule has 1 aromatic carbocycles. The van der Waals surface area contributed by atoms with Crippen LogP contribution in [0, 0.1) is 5.21 Å². The zero-order valence-corrected chi connectivity index (χ0v) is 16.7. The molecule has 26 heavy (non-hydrogen) atoms. The number of ether oxygens (including phenoxy) is 1. The molecule has 0 aliphatic rings. The second-order valence-corrected chi connectivity index (χ2v) is 8.61. The molecular formula is C19H18BrN3O2S. The van der Waals surface area contributed by atoms with E-state index in [-0.39, 0.29) is 0 Å². The average Bonchev–Trinajstić information content (AvgIpc) is 3.16. The maximum Gasteiger partial charge on any atom is 0.238 e. The highest BCUT2D eigenvalue weighted by atomic mass is 79.9. The number of imidazole rings is 1. The van der Waals surface area contributed by atoms with Crippen molar-refractivity contribution in [2.24, 2.45) is 7.05 Å². The van der Waals surface area contributed by atoms with E-state index in [0.717, 1.165) is 42.9 Å². The van der Waals surface area contributed by atoms with Gasteiger partial charge >= 0.3 is 0 Å². The van der Waals surface area contributed by atoms with Crippen molar-refractivity contribution in [2.75, 3.05) is 6.61 Å². The number of nitrogens with zero attached hydrogens (tertiary/aromatic N) is 3. The lowest BCUT2D eigenvalue weighted by Gasteiger charge is -2.05. The summed E-state index contributed by atoms with van der Waals surface area (Å²) in [6.45, 7) is 1.31. The molecule has 7 heteroatoms. The third-order valence-electron chi connectivity index (χ3n) is 4.39. The van der Waals surface area contributed by atoms with Crippen molar-refractivity contribution in [3.63, 3.8) is 0 Å². The highest BCUT2D eigenvalue weighted by Gasteiger charge is 2.19. The van der Waals surface area contributed by atoms with Crippen LogP contribution in [0.4, 0.5) is 0 Å². The van der Waals surface area contributed by atoms with Gasteiger partial charge in [0.25, 0.3) is 0 Å². The first kappa shape index (κ1) is 17.5. The Morgan fingerprint density at radius 1 is 1.31 bits per heavy atom. The van der Waals surface area contributed by atoms with Crippen LogP contribution in [0.3, 0.4) is 0 Å². The maximum atomic E-state index is 12.2. The fourth-order valence-electron chi connectivity index (χ4n) is 3.11. The Hall–Kier alpha value is -1.96. The van der Waals surface area contributed by atoms with Crippen LogP contribution in [0.1, 0.15) is 17.8 Å². The Labute approximate surface area is 163 Å². The first-order valence-electron chi connectivity index (χ1n) is 8.41. The SMILES string of the molecule is Cn1c(CCCOCc2ccccc2)nc2c[n+]([O-])c3cc(Br)sc3c21. The molecule has 0 atom stereocenters. The zero-order chi connectivity index (χ0) is 18.1. The van der Waals surface area contributed by atoms with Gasteiger partial charge in [-0.3, -0.25) is 0 Å². The van der Waals surface area contributed by atoms with Crippen LogP contribution in [0.15, 0.2) is 46.4 Å². The molecule has 0 bridgehead atoms. The topological polar surface area (TPSA) is 54.0 Å². The van der Waals surface area contributed by atoms with Gasteiger partial charge in [0.05, 0.1) is 15.9 Å². The molecule has 4 aromatic rings. The minimum atomic E-state index is 0.628. The number of benzene rings is 1. The van der Waals surface area contributed by atoms with Gasteiger partial charge in [-0.15, -0.1) is 11.3 Å². The van der Waals surface area contributed by atoms with Crippen LogP contribution in [0.2, 0.25) is 0 Å². The van der Waals surface area contributed by atoms with E-state index in [0.29, 0.717) is 18.7 Å². The molecule has 0 fully saturated rings. The van der Waals surface area contributed by atoms with Gasteiger partial charge < -0.3 is 14.5 Å². The standard InChI is InChI=1S/C19H18BrN3O2S/c1-22-17(8-5-9-25-12-13-6-3-2-4-7-13)21-14-11-23(24)15-10-16(20)26-19(15)18(14)22/h2-4,6-7,10-11H,5,8-9,12H2,1H3. The largest absolute Gasteiger partial charge is 0.618 e. The first-order chi connectivity index (χ1) is 12.6. The third kappa shape index (κ3) is 3.34. The minimum Gasteiger partial charge on any atom is -0.618 e. The van der Waals surface area contributed by atoms with E-state index in [4.69, 9.17) is 4.74 Å². The highest BCUT2D eigenvalue weighted by Crippen LogP contribution is 2.33. The molecule has 0 saturated heterocycles. The molecule has 3 heterocycles. The molecular weight excluding hydrogens is 414 g/mol. The Kier molecular flexibility index (Phi) is 4.93. The third-order valence-corrected chi connectivity index (χ3v) is 6.02. The number of thiophene rings is 1. The fourth-order valence-corrected chi connectivity index (χ4v) is 4.77. The van der Waals surface area contributed by atoms with Crippen LogP contribution >= 0.6 is 27.3 Å². The van der Waals surface area contributed by atoms with Crippen molar-refractivity contribution in [2.45, 2.75) is 19.4 Å². The Balaban J connectivity index is 1.47. The summed E-state index contributed by atoms with van der Waals surface area (Å²) >= 11 is 5.04. The predicted molar refractivity (Wildman–Crippen MR) is 107 cm³/mol. The number of aromatic nitrogens is 3. The predicted octanol–water partition coefficient (Wildman–Crippen LogP) is 4.33. The summed E-state index contributed by atoms with van der Waals surface area (Å²) in [6, 6.07) is 12.0. The van der Waals surface area contributed by atoms with Crippen molar-refractivity contribution in [3.05, 3.63) is 63.0 Å². The number of fused-ring (bicyclic) bond motifs is 3. The van der Waals surface area contributed by atoms with Crippen LogP contribution < -0.4 is 4.73 Å². The van der Waals surface area contributed by atoms with E-state index in [2.05, 4.69) is 37.6 Å². The summed E-state index contributed by atoms with van der Waals surface area (Å²) in [5.74, 6) is 0.973. The number of halogens is 1. The number of pyridine rings is 1. The summed E-state index contributed by atoms with van der Waals surface area (Å²) in [5.41, 5.74) is 3.61. The lowest BCUT2D eigenvalue weighted by molar-refractivity contribution is -0.575. The van der Waals surface area contributed by atoms with Crippen LogP contribution in [-0.2, 0) is 24.8 Å². The second kappa shape index (κ2) is 7.34. The molecule has 0 aliphatic carbocycles. The van der Waals surface area contributed by atoms with Crippen LogP contribution in [-0.4, -0.2) is 16.2 Å². The number of hydrogen-bond acceptors (Lipinski definition) is 4. The molecule has 5 nitrogen and oxygen atoms in total. The summed E-state index contributed by atoms with van der Waals surface area (Å²) < 4.78 is 10.7. The van der Waals surface area contributed by atoms with E-state index in [1.807, 2.05) is 31.3 Å². The summed E-state index contributed by atoms with van der Waals surface area (Å²) in [6.07, 6.45) is 3.26. The lowest BCUT2D eigenvalue weighted by atomic mass is 10.2. The van der Waals surface area contributed by atoms with E-state index in [1.165, 1.54) is 5.56 Å². The maximum absolute atomic E-state index is 12.2. The van der Waals surface area contributed by atoms with Crippen molar-refractivity contribution in [1.82, 2.24) is 9.55 Å². The summed E-state index contributed by atoms with van der Waals surface area (Å²) in [7, 11) is 2.01. The monoisotopic (exact) mass is 431 g/mol. The Bertz CT molecular complexity index is 1060. The quantitative estimate of drug-likeness (QED) is 0.259. The number of aryl methyl sites for hydroxylation is 2. The van der Waals surface area contributed by atoms with Crippen molar-refractivity contribution < 1.29 is 9.47 Å². The molecule has 0 radical (unpaired) electrons. The molecule has 3 aromatic heterocycles. The molecule has 0 N–H and O–H groups in total.